The molecule has 3 atom stereocenters. The molecule has 3 nitrogen and oxygen atoms in total. The summed E-state index contributed by atoms with van der Waals surface area (Å²) < 4.78 is 27.8. The van der Waals surface area contributed by atoms with Crippen molar-refractivity contribution in [2.75, 3.05) is 5.32 Å². The zero-order chi connectivity index (χ0) is 15.7. The molecule has 0 bridgehead atoms. The molecule has 1 fully saturated rings. The van der Waals surface area contributed by atoms with E-state index in [1.54, 1.807) is 6.92 Å². The van der Waals surface area contributed by atoms with Gasteiger partial charge in [0.25, 0.3) is 0 Å². The highest BCUT2D eigenvalue weighted by molar-refractivity contribution is 9.10. The van der Waals surface area contributed by atoms with Gasteiger partial charge in [0.05, 0.1) is 6.04 Å². The van der Waals surface area contributed by atoms with Crippen LogP contribution in [0.5, 0.6) is 0 Å². The van der Waals surface area contributed by atoms with Crippen LogP contribution in [-0.4, -0.2) is 28.9 Å². The lowest BCUT2D eigenvalue weighted by Crippen LogP contribution is -2.47. The summed E-state index contributed by atoms with van der Waals surface area (Å²) in [7, 11) is 0. The lowest BCUT2D eigenvalue weighted by atomic mass is 10.2. The van der Waals surface area contributed by atoms with Crippen LogP contribution < -0.4 is 5.32 Å². The van der Waals surface area contributed by atoms with E-state index in [-0.39, 0.29) is 0 Å². The number of benzene rings is 1. The summed E-state index contributed by atoms with van der Waals surface area (Å²) in [4.78, 5) is 14.4. The molecule has 1 aromatic carbocycles. The Labute approximate surface area is 131 Å². The number of hydrogen-bond acceptors (Lipinski definition) is 2. The van der Waals surface area contributed by atoms with E-state index in [0.29, 0.717) is 16.6 Å². The van der Waals surface area contributed by atoms with Gasteiger partial charge in [-0.1, -0.05) is 15.9 Å². The molecule has 1 saturated heterocycles. The van der Waals surface area contributed by atoms with E-state index in [0.717, 1.165) is 25.0 Å². The molecule has 1 heterocycles. The molecular formula is C15H19BrF2N2O. The van der Waals surface area contributed by atoms with E-state index >= 15 is 0 Å². The summed E-state index contributed by atoms with van der Waals surface area (Å²) >= 11 is 3.01. The molecule has 0 spiro atoms. The first kappa shape index (κ1) is 16.4. The van der Waals surface area contributed by atoms with Crippen molar-refractivity contribution in [2.24, 2.45) is 0 Å². The standard InChI is InChI=1S/C15H19BrF2N2O/c1-8-4-5-9(2)20(8)10(3)15(21)19-14-12(17)6-11(16)7-13(14)18/h6-10H,4-5H2,1-3H3,(H,19,21). The van der Waals surface area contributed by atoms with Crippen LogP contribution in [0.15, 0.2) is 16.6 Å². The predicted molar refractivity (Wildman–Crippen MR) is 82.1 cm³/mol. The first-order valence-electron chi connectivity index (χ1n) is 7.04. The molecule has 1 aliphatic rings. The van der Waals surface area contributed by atoms with Gasteiger partial charge in [-0.05, 0) is 45.7 Å². The van der Waals surface area contributed by atoms with Crippen LogP contribution in [0.4, 0.5) is 14.5 Å². The van der Waals surface area contributed by atoms with Crippen molar-refractivity contribution in [1.82, 2.24) is 4.90 Å². The van der Waals surface area contributed by atoms with Crippen LogP contribution in [0.3, 0.4) is 0 Å². The Balaban J connectivity index is 2.15. The minimum absolute atomic E-state index is 0.292. The third-order valence-electron chi connectivity index (χ3n) is 4.10. The maximum Gasteiger partial charge on any atom is 0.241 e. The highest BCUT2D eigenvalue weighted by Gasteiger charge is 2.34. The fraction of sp³-hybridized carbons (Fsp3) is 0.533. The maximum absolute atomic E-state index is 13.8. The van der Waals surface area contributed by atoms with Crippen molar-refractivity contribution in [2.45, 2.75) is 51.7 Å². The number of rotatable bonds is 3. The minimum Gasteiger partial charge on any atom is -0.320 e. The number of amides is 1. The van der Waals surface area contributed by atoms with Gasteiger partial charge in [-0.2, -0.15) is 0 Å². The van der Waals surface area contributed by atoms with Crippen molar-refractivity contribution < 1.29 is 13.6 Å². The van der Waals surface area contributed by atoms with Gasteiger partial charge in [0, 0.05) is 16.6 Å². The van der Waals surface area contributed by atoms with Gasteiger partial charge in [0.2, 0.25) is 5.91 Å². The molecule has 6 heteroatoms. The molecular weight excluding hydrogens is 342 g/mol. The van der Waals surface area contributed by atoms with E-state index in [1.165, 1.54) is 0 Å². The molecule has 0 radical (unpaired) electrons. The maximum atomic E-state index is 13.8. The van der Waals surface area contributed by atoms with E-state index in [1.807, 2.05) is 0 Å². The van der Waals surface area contributed by atoms with Crippen molar-refractivity contribution in [3.05, 3.63) is 28.2 Å². The van der Waals surface area contributed by atoms with Gasteiger partial charge < -0.3 is 5.32 Å². The number of anilines is 1. The molecule has 0 aromatic heterocycles. The number of carbonyl (C=O) groups is 1. The fourth-order valence-electron chi connectivity index (χ4n) is 3.00. The Morgan fingerprint density at radius 2 is 1.76 bits per heavy atom. The van der Waals surface area contributed by atoms with Gasteiger partial charge in [-0.3, -0.25) is 9.69 Å². The normalized spacial score (nSPS) is 24.1. The smallest absolute Gasteiger partial charge is 0.241 e. The Bertz CT molecular complexity index is 519. The summed E-state index contributed by atoms with van der Waals surface area (Å²) in [6.45, 7) is 5.89. The van der Waals surface area contributed by atoms with E-state index in [4.69, 9.17) is 0 Å². The quantitative estimate of drug-likeness (QED) is 0.885. The Morgan fingerprint density at radius 1 is 1.29 bits per heavy atom. The zero-order valence-electron chi connectivity index (χ0n) is 12.3. The van der Waals surface area contributed by atoms with Crippen molar-refractivity contribution in [3.8, 4) is 0 Å². The molecule has 2 rings (SSSR count). The van der Waals surface area contributed by atoms with Gasteiger partial charge in [0.15, 0.2) is 11.6 Å². The highest BCUT2D eigenvalue weighted by Crippen LogP contribution is 2.28. The summed E-state index contributed by atoms with van der Waals surface area (Å²) in [5.41, 5.74) is -0.394. The van der Waals surface area contributed by atoms with Gasteiger partial charge in [-0.15, -0.1) is 0 Å². The monoisotopic (exact) mass is 360 g/mol. The molecule has 1 aromatic rings. The third kappa shape index (κ3) is 3.43. The lowest BCUT2D eigenvalue weighted by molar-refractivity contribution is -0.121. The minimum atomic E-state index is -0.787. The molecule has 0 saturated carbocycles. The van der Waals surface area contributed by atoms with Gasteiger partial charge in [-0.25, -0.2) is 8.78 Å². The zero-order valence-corrected chi connectivity index (χ0v) is 13.9. The number of nitrogens with one attached hydrogen (secondary N) is 1. The van der Waals surface area contributed by atoms with E-state index < -0.39 is 29.3 Å². The largest absolute Gasteiger partial charge is 0.320 e. The Hall–Kier alpha value is -1.01. The van der Waals surface area contributed by atoms with Crippen LogP contribution in [0, 0.1) is 11.6 Å². The molecule has 1 N–H and O–H groups in total. The first-order chi connectivity index (χ1) is 9.81. The summed E-state index contributed by atoms with van der Waals surface area (Å²) in [6.07, 6.45) is 2.06. The van der Waals surface area contributed by atoms with Gasteiger partial charge >= 0.3 is 0 Å². The topological polar surface area (TPSA) is 32.3 Å². The Kier molecular flexibility index (Phi) is 4.99. The molecule has 1 aliphatic heterocycles. The number of halogens is 3. The second-order valence-corrected chi connectivity index (χ2v) is 6.55. The second kappa shape index (κ2) is 6.40. The first-order valence-corrected chi connectivity index (χ1v) is 7.83. The highest BCUT2D eigenvalue weighted by atomic mass is 79.9. The van der Waals surface area contributed by atoms with Crippen LogP contribution in [0.1, 0.15) is 33.6 Å². The van der Waals surface area contributed by atoms with Crippen LogP contribution >= 0.6 is 15.9 Å². The van der Waals surface area contributed by atoms with Crippen LogP contribution in [0.25, 0.3) is 0 Å². The van der Waals surface area contributed by atoms with E-state index in [9.17, 15) is 13.6 Å². The number of carbonyl (C=O) groups excluding carboxylic acids is 1. The van der Waals surface area contributed by atoms with Gasteiger partial charge in [0.1, 0.15) is 5.69 Å². The lowest BCUT2D eigenvalue weighted by Gasteiger charge is -2.31. The Morgan fingerprint density at radius 3 is 2.24 bits per heavy atom. The summed E-state index contributed by atoms with van der Waals surface area (Å²) in [5.74, 6) is -1.97. The number of nitrogens with zero attached hydrogens (tertiary/aromatic N) is 1. The van der Waals surface area contributed by atoms with Crippen LogP contribution in [0.2, 0.25) is 0 Å². The number of likely N-dealkylation sites (tertiary alicyclic amines) is 1. The van der Waals surface area contributed by atoms with Crippen molar-refractivity contribution in [1.29, 1.82) is 0 Å². The predicted octanol–water partition coefficient (Wildman–Crippen LogP) is 3.93. The molecule has 21 heavy (non-hydrogen) atoms. The molecule has 1 amide bonds. The van der Waals surface area contributed by atoms with Crippen molar-refractivity contribution in [3.63, 3.8) is 0 Å². The average Bonchev–Trinajstić information content (AvgIpc) is 2.72. The fourth-order valence-corrected chi connectivity index (χ4v) is 3.41. The average molecular weight is 361 g/mol. The molecule has 0 aliphatic carbocycles. The summed E-state index contributed by atoms with van der Waals surface area (Å²) in [6, 6.07) is 2.41. The second-order valence-electron chi connectivity index (χ2n) is 5.63. The summed E-state index contributed by atoms with van der Waals surface area (Å²) in [5, 5.41) is 2.37. The number of hydrogen-bond donors (Lipinski definition) is 1. The van der Waals surface area contributed by atoms with Crippen molar-refractivity contribution >= 4 is 27.5 Å². The third-order valence-corrected chi connectivity index (χ3v) is 4.56. The molecule has 3 unspecified atom stereocenters. The van der Waals surface area contributed by atoms with E-state index in [2.05, 4.69) is 40.0 Å². The van der Waals surface area contributed by atoms with Crippen LogP contribution in [-0.2, 0) is 4.79 Å². The molecule has 116 valence electrons. The SMILES string of the molecule is CC1CCC(C)N1C(C)C(=O)Nc1c(F)cc(Br)cc1F.